The predicted octanol–water partition coefficient (Wildman–Crippen LogP) is 5.02. The number of aryl methyl sites for hydroxylation is 1. The Kier molecular flexibility index (Phi) is 5.26. The number of hydrogen-bond donors (Lipinski definition) is 1. The fourth-order valence-corrected chi connectivity index (χ4v) is 2.58. The van der Waals surface area contributed by atoms with Crippen molar-refractivity contribution in [3.05, 3.63) is 69.7 Å². The molecule has 1 atom stereocenters. The molecule has 0 saturated carbocycles. The topological polar surface area (TPSA) is 26.0 Å². The van der Waals surface area contributed by atoms with Crippen molar-refractivity contribution in [3.63, 3.8) is 0 Å². The van der Waals surface area contributed by atoms with Crippen LogP contribution in [0.15, 0.2) is 48.5 Å². The quantitative estimate of drug-likeness (QED) is 0.823. The van der Waals surface area contributed by atoms with Crippen molar-refractivity contribution in [1.29, 1.82) is 0 Å². The number of halogens is 2. The van der Waals surface area contributed by atoms with Crippen LogP contribution in [-0.4, -0.2) is 0 Å². The molecule has 2 N–H and O–H groups in total. The molecule has 0 heterocycles. The van der Waals surface area contributed by atoms with Crippen LogP contribution >= 0.6 is 23.2 Å². The smallest absolute Gasteiger partial charge is 0.0639 e. The van der Waals surface area contributed by atoms with E-state index in [0.29, 0.717) is 10.0 Å². The molecule has 2 aromatic carbocycles. The van der Waals surface area contributed by atoms with Crippen molar-refractivity contribution in [1.82, 2.24) is 0 Å². The average Bonchev–Trinajstić information content (AvgIpc) is 2.43. The molecule has 0 aliphatic rings. The molecule has 2 rings (SSSR count). The van der Waals surface area contributed by atoms with Gasteiger partial charge in [-0.05, 0) is 36.5 Å². The molecule has 0 aliphatic carbocycles. The highest BCUT2D eigenvalue weighted by Gasteiger charge is 2.11. The first-order valence-corrected chi connectivity index (χ1v) is 7.17. The van der Waals surface area contributed by atoms with Crippen LogP contribution in [0.5, 0.6) is 0 Å². The largest absolute Gasteiger partial charge is 0.324 e. The maximum absolute atomic E-state index is 6.19. The van der Waals surface area contributed by atoms with Crippen LogP contribution in [-0.2, 0) is 6.42 Å². The zero-order valence-electron chi connectivity index (χ0n) is 10.7. The van der Waals surface area contributed by atoms with Crippen LogP contribution in [0.25, 0.3) is 0 Å². The Morgan fingerprint density at radius 2 is 1.68 bits per heavy atom. The summed E-state index contributed by atoms with van der Waals surface area (Å²) in [7, 11) is 0. The lowest BCUT2D eigenvalue weighted by molar-refractivity contribution is 0.611. The van der Waals surface area contributed by atoms with Gasteiger partial charge in [0, 0.05) is 6.04 Å². The molecule has 0 saturated heterocycles. The third kappa shape index (κ3) is 3.97. The predicted molar refractivity (Wildman–Crippen MR) is 82.8 cm³/mol. The molecule has 0 amide bonds. The Morgan fingerprint density at radius 3 is 2.42 bits per heavy atom. The van der Waals surface area contributed by atoms with Crippen LogP contribution in [0.4, 0.5) is 0 Å². The minimum absolute atomic E-state index is 0.0603. The molecule has 1 nitrogen and oxygen atoms in total. The van der Waals surface area contributed by atoms with Gasteiger partial charge in [-0.15, -0.1) is 0 Å². The van der Waals surface area contributed by atoms with Gasteiger partial charge in [-0.2, -0.15) is 0 Å². The van der Waals surface area contributed by atoms with E-state index in [-0.39, 0.29) is 6.04 Å². The fourth-order valence-electron chi connectivity index (χ4n) is 2.13. The molecular weight excluding hydrogens is 277 g/mol. The van der Waals surface area contributed by atoms with Gasteiger partial charge in [0.1, 0.15) is 0 Å². The highest BCUT2D eigenvalue weighted by Crippen LogP contribution is 2.30. The summed E-state index contributed by atoms with van der Waals surface area (Å²) >= 11 is 12.2. The second kappa shape index (κ2) is 6.95. The van der Waals surface area contributed by atoms with Gasteiger partial charge < -0.3 is 5.73 Å². The van der Waals surface area contributed by atoms with E-state index in [9.17, 15) is 0 Å². The summed E-state index contributed by atoms with van der Waals surface area (Å²) in [6.07, 6.45) is 2.97. The third-order valence-electron chi connectivity index (χ3n) is 3.20. The Balaban J connectivity index is 1.91. The van der Waals surface area contributed by atoms with E-state index in [1.54, 1.807) is 6.07 Å². The Hall–Kier alpha value is -1.02. The summed E-state index contributed by atoms with van der Waals surface area (Å²) < 4.78 is 0. The van der Waals surface area contributed by atoms with E-state index in [1.165, 1.54) is 5.56 Å². The maximum Gasteiger partial charge on any atom is 0.0639 e. The highest BCUT2D eigenvalue weighted by molar-refractivity contribution is 6.42. The Bertz CT molecular complexity index is 526. The molecule has 3 heteroatoms. The van der Waals surface area contributed by atoms with Gasteiger partial charge >= 0.3 is 0 Å². The monoisotopic (exact) mass is 293 g/mol. The SMILES string of the molecule is NC(CCCc1ccccc1)c1cccc(Cl)c1Cl. The lowest BCUT2D eigenvalue weighted by Gasteiger charge is -2.14. The van der Waals surface area contributed by atoms with E-state index in [1.807, 2.05) is 18.2 Å². The van der Waals surface area contributed by atoms with Gasteiger partial charge in [0.15, 0.2) is 0 Å². The molecule has 19 heavy (non-hydrogen) atoms. The first kappa shape index (κ1) is 14.4. The van der Waals surface area contributed by atoms with Crippen molar-refractivity contribution in [2.75, 3.05) is 0 Å². The second-order valence-electron chi connectivity index (χ2n) is 4.63. The molecule has 1 unspecified atom stereocenters. The molecule has 0 aromatic heterocycles. The summed E-state index contributed by atoms with van der Waals surface area (Å²) in [5, 5.41) is 1.15. The van der Waals surface area contributed by atoms with Crippen molar-refractivity contribution >= 4 is 23.2 Å². The standard InChI is InChI=1S/C16H17Cl2N/c17-14-10-5-9-13(16(14)18)15(19)11-4-8-12-6-2-1-3-7-12/h1-3,5-7,9-10,15H,4,8,11,19H2. The summed E-state index contributed by atoms with van der Waals surface area (Å²) in [4.78, 5) is 0. The number of benzene rings is 2. The lowest BCUT2D eigenvalue weighted by atomic mass is 10.00. The van der Waals surface area contributed by atoms with E-state index >= 15 is 0 Å². The number of rotatable bonds is 5. The number of nitrogens with two attached hydrogens (primary N) is 1. The van der Waals surface area contributed by atoms with Crippen LogP contribution in [0, 0.1) is 0 Å². The van der Waals surface area contributed by atoms with Crippen molar-refractivity contribution in [3.8, 4) is 0 Å². The molecule has 0 spiro atoms. The molecule has 2 aromatic rings. The fraction of sp³-hybridized carbons (Fsp3) is 0.250. The highest BCUT2D eigenvalue weighted by atomic mass is 35.5. The van der Waals surface area contributed by atoms with Crippen LogP contribution < -0.4 is 5.73 Å². The van der Waals surface area contributed by atoms with Crippen LogP contribution in [0.3, 0.4) is 0 Å². The molecule has 0 fully saturated rings. The van der Waals surface area contributed by atoms with Gasteiger partial charge in [-0.1, -0.05) is 65.7 Å². The molecule has 0 bridgehead atoms. The van der Waals surface area contributed by atoms with E-state index < -0.39 is 0 Å². The average molecular weight is 294 g/mol. The van der Waals surface area contributed by atoms with Crippen molar-refractivity contribution < 1.29 is 0 Å². The van der Waals surface area contributed by atoms with Crippen molar-refractivity contribution in [2.24, 2.45) is 5.73 Å². The molecule has 100 valence electrons. The molecular formula is C16H17Cl2N. The first-order chi connectivity index (χ1) is 9.18. The van der Waals surface area contributed by atoms with Gasteiger partial charge in [-0.25, -0.2) is 0 Å². The maximum atomic E-state index is 6.19. The zero-order valence-corrected chi connectivity index (χ0v) is 12.2. The number of hydrogen-bond acceptors (Lipinski definition) is 1. The summed E-state index contributed by atoms with van der Waals surface area (Å²) in [6.45, 7) is 0. The molecule has 0 aliphatic heterocycles. The minimum Gasteiger partial charge on any atom is -0.324 e. The van der Waals surface area contributed by atoms with Gasteiger partial charge in [-0.3, -0.25) is 0 Å². The second-order valence-corrected chi connectivity index (χ2v) is 5.41. The first-order valence-electron chi connectivity index (χ1n) is 6.42. The zero-order chi connectivity index (χ0) is 13.7. The summed E-state index contributed by atoms with van der Waals surface area (Å²) in [6, 6.07) is 16.0. The Labute approximate surface area is 124 Å². The van der Waals surface area contributed by atoms with Gasteiger partial charge in [0.05, 0.1) is 10.0 Å². The van der Waals surface area contributed by atoms with E-state index in [2.05, 4.69) is 24.3 Å². The van der Waals surface area contributed by atoms with E-state index in [4.69, 9.17) is 28.9 Å². The summed E-state index contributed by atoms with van der Waals surface area (Å²) in [5.41, 5.74) is 8.46. The minimum atomic E-state index is -0.0603. The summed E-state index contributed by atoms with van der Waals surface area (Å²) in [5.74, 6) is 0. The van der Waals surface area contributed by atoms with Gasteiger partial charge in [0.2, 0.25) is 0 Å². The normalized spacial score (nSPS) is 12.4. The van der Waals surface area contributed by atoms with E-state index in [0.717, 1.165) is 24.8 Å². The van der Waals surface area contributed by atoms with Gasteiger partial charge in [0.25, 0.3) is 0 Å². The lowest BCUT2D eigenvalue weighted by Crippen LogP contribution is -2.11. The molecule has 0 radical (unpaired) electrons. The Morgan fingerprint density at radius 1 is 0.947 bits per heavy atom. The van der Waals surface area contributed by atoms with Crippen LogP contribution in [0.1, 0.15) is 30.0 Å². The third-order valence-corrected chi connectivity index (χ3v) is 4.04. The van der Waals surface area contributed by atoms with Crippen molar-refractivity contribution in [2.45, 2.75) is 25.3 Å². The van der Waals surface area contributed by atoms with Crippen LogP contribution in [0.2, 0.25) is 10.0 Å².